The number of benzene rings is 1. The summed E-state index contributed by atoms with van der Waals surface area (Å²) in [5, 5.41) is 4.73. The van der Waals surface area contributed by atoms with Crippen molar-refractivity contribution in [3.8, 4) is 10.6 Å². The monoisotopic (exact) mass is 370 g/mol. The molecule has 1 unspecified atom stereocenters. The van der Waals surface area contributed by atoms with E-state index in [-0.39, 0.29) is 28.7 Å². The topological polar surface area (TPSA) is 54.2 Å². The molecule has 126 valence electrons. The smallest absolute Gasteiger partial charge is 0.298 e. The van der Waals surface area contributed by atoms with Crippen molar-refractivity contribution in [2.24, 2.45) is 0 Å². The van der Waals surface area contributed by atoms with Crippen LogP contribution in [0.1, 0.15) is 6.92 Å². The number of nitrogens with zero attached hydrogens (tertiary/aromatic N) is 3. The Kier molecular flexibility index (Phi) is 3.90. The lowest BCUT2D eigenvalue weighted by Crippen LogP contribution is -2.50. The van der Waals surface area contributed by atoms with Crippen LogP contribution in [0, 0.1) is 11.6 Å². The molecule has 3 heterocycles. The van der Waals surface area contributed by atoms with E-state index in [2.05, 4.69) is 15.3 Å². The maximum Gasteiger partial charge on any atom is 0.298 e. The summed E-state index contributed by atoms with van der Waals surface area (Å²) in [5.74, 6) is -1.80. The van der Waals surface area contributed by atoms with Crippen LogP contribution < -0.4 is 10.2 Å². The Balaban J connectivity index is 1.95. The van der Waals surface area contributed by atoms with Gasteiger partial charge in [0.15, 0.2) is 17.2 Å². The second-order valence-corrected chi connectivity index (χ2v) is 6.85. The Morgan fingerprint density at radius 2 is 2.25 bits per heavy atom. The van der Waals surface area contributed by atoms with Crippen molar-refractivity contribution < 1.29 is 13.2 Å². The number of piperazine rings is 1. The summed E-state index contributed by atoms with van der Waals surface area (Å²) in [4.78, 5) is 10.3. The molecule has 3 aromatic rings. The minimum atomic E-state index is -0.915. The number of fused-ring (bicyclic) bond motifs is 1. The molecule has 1 fully saturated rings. The molecular formula is C15H13ClF2N4OS. The second-order valence-electron chi connectivity index (χ2n) is 5.57. The number of oxazole rings is 1. The van der Waals surface area contributed by atoms with Gasteiger partial charge in [-0.3, -0.25) is 0 Å². The second kappa shape index (κ2) is 5.94. The maximum absolute atomic E-state index is 14.6. The quantitative estimate of drug-likeness (QED) is 0.697. The van der Waals surface area contributed by atoms with E-state index < -0.39 is 16.7 Å². The number of rotatable bonds is 2. The van der Waals surface area contributed by atoms with Gasteiger partial charge < -0.3 is 14.6 Å². The van der Waals surface area contributed by atoms with E-state index >= 15 is 0 Å². The minimum Gasteiger partial charge on any atom is -0.422 e. The van der Waals surface area contributed by atoms with Crippen LogP contribution in [0.25, 0.3) is 21.7 Å². The third kappa shape index (κ3) is 2.37. The number of aromatic nitrogens is 2. The SMILES string of the molecule is CC1CNCCN1c1nc2c(F)c(Cl)c(F)c(-c3nccs3)c2o1. The fraction of sp³-hybridized carbons (Fsp3) is 0.333. The maximum atomic E-state index is 14.6. The number of anilines is 1. The van der Waals surface area contributed by atoms with E-state index in [9.17, 15) is 8.78 Å². The first-order chi connectivity index (χ1) is 11.6. The van der Waals surface area contributed by atoms with Crippen molar-refractivity contribution in [2.75, 3.05) is 24.5 Å². The summed E-state index contributed by atoms with van der Waals surface area (Å²) in [5.41, 5.74) is 0.00496. The molecule has 1 aliphatic rings. The number of hydrogen-bond acceptors (Lipinski definition) is 6. The van der Waals surface area contributed by atoms with Crippen LogP contribution in [0.15, 0.2) is 16.0 Å². The van der Waals surface area contributed by atoms with E-state index in [0.29, 0.717) is 11.6 Å². The van der Waals surface area contributed by atoms with Crippen LogP contribution in [0.5, 0.6) is 0 Å². The standard InChI is InChI=1S/C15H13ClF2N4OS/c1-7-6-19-2-4-22(7)15-21-12-11(18)9(16)10(17)8(13(12)23-15)14-20-3-5-24-14/h3,5,7,19H,2,4,6H2,1H3. The molecule has 0 spiro atoms. The Hall–Kier alpha value is -1.77. The summed E-state index contributed by atoms with van der Waals surface area (Å²) in [6, 6.07) is 0.385. The van der Waals surface area contributed by atoms with E-state index in [0.717, 1.165) is 13.1 Å². The van der Waals surface area contributed by atoms with Crippen LogP contribution in [-0.2, 0) is 0 Å². The van der Waals surface area contributed by atoms with Gasteiger partial charge in [0.25, 0.3) is 6.01 Å². The average molecular weight is 371 g/mol. The molecule has 1 aliphatic heterocycles. The molecule has 0 aliphatic carbocycles. The highest BCUT2D eigenvalue weighted by atomic mass is 35.5. The Morgan fingerprint density at radius 1 is 1.42 bits per heavy atom. The first-order valence-corrected chi connectivity index (χ1v) is 8.68. The largest absolute Gasteiger partial charge is 0.422 e. The highest BCUT2D eigenvalue weighted by molar-refractivity contribution is 7.13. The van der Waals surface area contributed by atoms with Gasteiger partial charge in [-0.05, 0) is 6.92 Å². The van der Waals surface area contributed by atoms with Gasteiger partial charge >= 0.3 is 0 Å². The summed E-state index contributed by atoms with van der Waals surface area (Å²) < 4.78 is 34.7. The van der Waals surface area contributed by atoms with Crippen molar-refractivity contribution in [2.45, 2.75) is 13.0 Å². The van der Waals surface area contributed by atoms with Gasteiger partial charge in [-0.2, -0.15) is 4.98 Å². The normalized spacial score (nSPS) is 18.5. The van der Waals surface area contributed by atoms with Crippen LogP contribution in [0.3, 0.4) is 0 Å². The van der Waals surface area contributed by atoms with Crippen molar-refractivity contribution >= 4 is 40.1 Å². The van der Waals surface area contributed by atoms with Crippen LogP contribution in [0.2, 0.25) is 5.02 Å². The van der Waals surface area contributed by atoms with Gasteiger partial charge in [-0.25, -0.2) is 13.8 Å². The molecule has 1 saturated heterocycles. The van der Waals surface area contributed by atoms with Crippen LogP contribution in [-0.4, -0.2) is 35.6 Å². The molecule has 4 rings (SSSR count). The summed E-state index contributed by atoms with van der Waals surface area (Å²) in [7, 11) is 0. The highest BCUT2D eigenvalue weighted by Crippen LogP contribution is 2.40. The zero-order valence-corrected chi connectivity index (χ0v) is 14.2. The first-order valence-electron chi connectivity index (χ1n) is 7.42. The zero-order chi connectivity index (χ0) is 16.8. The molecule has 5 nitrogen and oxygen atoms in total. The summed E-state index contributed by atoms with van der Waals surface area (Å²) >= 11 is 7.05. The third-order valence-corrected chi connectivity index (χ3v) is 5.17. The highest BCUT2D eigenvalue weighted by Gasteiger charge is 2.29. The van der Waals surface area contributed by atoms with E-state index in [1.807, 2.05) is 11.8 Å². The summed E-state index contributed by atoms with van der Waals surface area (Å²) in [6.07, 6.45) is 1.54. The predicted octanol–water partition coefficient (Wildman–Crippen LogP) is 3.68. The lowest BCUT2D eigenvalue weighted by Gasteiger charge is -2.32. The van der Waals surface area contributed by atoms with Crippen LogP contribution in [0.4, 0.5) is 14.8 Å². The van der Waals surface area contributed by atoms with E-state index in [1.54, 1.807) is 5.38 Å². The number of halogens is 3. The van der Waals surface area contributed by atoms with Gasteiger partial charge in [0, 0.05) is 37.3 Å². The lowest BCUT2D eigenvalue weighted by atomic mass is 10.2. The molecule has 1 atom stereocenters. The van der Waals surface area contributed by atoms with Gasteiger partial charge in [0.2, 0.25) is 0 Å². The van der Waals surface area contributed by atoms with Crippen molar-refractivity contribution in [1.29, 1.82) is 0 Å². The molecule has 0 bridgehead atoms. The van der Waals surface area contributed by atoms with Gasteiger partial charge in [-0.1, -0.05) is 11.6 Å². The molecule has 1 aromatic carbocycles. The van der Waals surface area contributed by atoms with Crippen molar-refractivity contribution in [3.63, 3.8) is 0 Å². The van der Waals surface area contributed by atoms with E-state index in [1.165, 1.54) is 17.5 Å². The molecule has 2 aromatic heterocycles. The van der Waals surface area contributed by atoms with Crippen molar-refractivity contribution in [3.05, 3.63) is 28.2 Å². The van der Waals surface area contributed by atoms with Crippen LogP contribution >= 0.6 is 22.9 Å². The average Bonchev–Trinajstić information content (AvgIpc) is 3.24. The Labute approximate surface area is 145 Å². The fourth-order valence-electron chi connectivity index (χ4n) is 2.82. The number of nitrogens with one attached hydrogen (secondary N) is 1. The molecule has 1 N–H and O–H groups in total. The predicted molar refractivity (Wildman–Crippen MR) is 89.7 cm³/mol. The molecule has 0 amide bonds. The number of thiazole rings is 1. The molecule has 0 radical (unpaired) electrons. The van der Waals surface area contributed by atoms with Crippen molar-refractivity contribution in [1.82, 2.24) is 15.3 Å². The molecular weight excluding hydrogens is 358 g/mol. The minimum absolute atomic E-state index is 0.0325. The Morgan fingerprint density at radius 3 is 2.96 bits per heavy atom. The van der Waals surface area contributed by atoms with Gasteiger partial charge in [0.05, 0.1) is 5.56 Å². The zero-order valence-electron chi connectivity index (χ0n) is 12.6. The van der Waals surface area contributed by atoms with Gasteiger partial charge in [0.1, 0.15) is 15.5 Å². The molecule has 24 heavy (non-hydrogen) atoms. The van der Waals surface area contributed by atoms with E-state index in [4.69, 9.17) is 16.0 Å². The lowest BCUT2D eigenvalue weighted by molar-refractivity contribution is 0.456. The summed E-state index contributed by atoms with van der Waals surface area (Å²) in [6.45, 7) is 4.20. The number of hydrogen-bond donors (Lipinski definition) is 1. The Bertz CT molecular complexity index is 899. The first kappa shape index (κ1) is 15.7. The molecule has 9 heteroatoms. The third-order valence-electron chi connectivity index (χ3n) is 4.05. The fourth-order valence-corrected chi connectivity index (χ4v) is 3.68. The molecule has 0 saturated carbocycles. The van der Waals surface area contributed by atoms with Gasteiger partial charge in [-0.15, -0.1) is 11.3 Å².